The number of rotatable bonds is 3. The van der Waals surface area contributed by atoms with Crippen LogP contribution in [0.25, 0.3) is 5.69 Å². The lowest BCUT2D eigenvalue weighted by molar-refractivity contribution is 0.521. The molecule has 4 nitrogen and oxygen atoms in total. The number of nitrogens with zero attached hydrogens (tertiary/aromatic N) is 2. The molecule has 2 aromatic rings. The molecule has 0 bridgehead atoms. The predicted octanol–water partition coefficient (Wildman–Crippen LogP) is 2.73. The number of nitrogens with two attached hydrogens (primary N) is 1. The van der Waals surface area contributed by atoms with Crippen LogP contribution in [0.15, 0.2) is 23.0 Å². The minimum Gasteiger partial charge on any atom is -0.393 e. The Morgan fingerprint density at radius 2 is 2.11 bits per heavy atom. The van der Waals surface area contributed by atoms with Gasteiger partial charge in [0.2, 0.25) is 0 Å². The normalized spacial score (nSPS) is 10.9. The van der Waals surface area contributed by atoms with Crippen LogP contribution in [0.2, 0.25) is 5.02 Å². The van der Waals surface area contributed by atoms with Gasteiger partial charge in [-0.25, -0.2) is 9.07 Å². The van der Waals surface area contributed by atoms with E-state index in [-0.39, 0.29) is 16.3 Å². The number of hydrogen-bond acceptors (Lipinski definition) is 2. The molecule has 0 saturated heterocycles. The van der Waals surface area contributed by atoms with Crippen LogP contribution in [-0.2, 0) is 6.54 Å². The van der Waals surface area contributed by atoms with Crippen LogP contribution < -0.4 is 11.3 Å². The summed E-state index contributed by atoms with van der Waals surface area (Å²) >= 11 is 5.65. The molecular formula is C13H15ClFN3O. The van der Waals surface area contributed by atoms with Gasteiger partial charge in [0.1, 0.15) is 11.5 Å². The first-order valence-electron chi connectivity index (χ1n) is 6.00. The van der Waals surface area contributed by atoms with E-state index >= 15 is 0 Å². The number of halogens is 2. The van der Waals surface area contributed by atoms with Crippen molar-refractivity contribution in [2.75, 3.05) is 5.73 Å². The van der Waals surface area contributed by atoms with E-state index in [1.54, 1.807) is 17.7 Å². The molecular weight excluding hydrogens is 269 g/mol. The maximum Gasteiger partial charge on any atom is 0.294 e. The zero-order chi connectivity index (χ0) is 14.2. The summed E-state index contributed by atoms with van der Waals surface area (Å²) in [6.07, 6.45) is 0.838. The van der Waals surface area contributed by atoms with Crippen molar-refractivity contribution in [1.29, 1.82) is 0 Å². The number of anilines is 1. The summed E-state index contributed by atoms with van der Waals surface area (Å²) in [5, 5.41) is 0.0232. The van der Waals surface area contributed by atoms with Crippen molar-refractivity contribution in [1.82, 2.24) is 9.36 Å². The molecule has 6 heteroatoms. The largest absolute Gasteiger partial charge is 0.393 e. The molecule has 102 valence electrons. The van der Waals surface area contributed by atoms with Crippen LogP contribution in [0.1, 0.15) is 19.0 Å². The Hall–Kier alpha value is -1.75. The fourth-order valence-electron chi connectivity index (χ4n) is 2.02. The minimum absolute atomic E-state index is 0.0232. The molecule has 2 rings (SSSR count). The summed E-state index contributed by atoms with van der Waals surface area (Å²) < 4.78 is 16.7. The van der Waals surface area contributed by atoms with Crippen LogP contribution in [-0.4, -0.2) is 9.36 Å². The van der Waals surface area contributed by atoms with Gasteiger partial charge in [-0.3, -0.25) is 9.48 Å². The molecule has 0 atom stereocenters. The lowest BCUT2D eigenvalue weighted by atomic mass is 10.3. The van der Waals surface area contributed by atoms with Gasteiger partial charge in [0.05, 0.1) is 16.4 Å². The Morgan fingerprint density at radius 1 is 1.42 bits per heavy atom. The van der Waals surface area contributed by atoms with E-state index in [2.05, 4.69) is 0 Å². The molecule has 1 aromatic carbocycles. The topological polar surface area (TPSA) is 52.9 Å². The average Bonchev–Trinajstić information content (AvgIpc) is 2.59. The molecule has 0 spiro atoms. The summed E-state index contributed by atoms with van der Waals surface area (Å²) in [6, 6.07) is 4.25. The Kier molecular flexibility index (Phi) is 3.66. The maximum absolute atomic E-state index is 13.5. The smallest absolute Gasteiger partial charge is 0.294 e. The highest BCUT2D eigenvalue weighted by Crippen LogP contribution is 2.19. The first-order chi connectivity index (χ1) is 8.97. The van der Waals surface area contributed by atoms with Gasteiger partial charge in [0.15, 0.2) is 0 Å². The summed E-state index contributed by atoms with van der Waals surface area (Å²) in [5.41, 5.74) is 6.71. The highest BCUT2D eigenvalue weighted by molar-refractivity contribution is 6.30. The van der Waals surface area contributed by atoms with Crippen molar-refractivity contribution < 1.29 is 4.39 Å². The summed E-state index contributed by atoms with van der Waals surface area (Å²) in [6.45, 7) is 4.39. The lowest BCUT2D eigenvalue weighted by Crippen LogP contribution is -2.22. The molecule has 0 radical (unpaired) electrons. The van der Waals surface area contributed by atoms with Crippen molar-refractivity contribution in [3.8, 4) is 5.69 Å². The molecule has 0 fully saturated rings. The number of aromatic nitrogens is 2. The molecule has 2 N–H and O–H groups in total. The van der Waals surface area contributed by atoms with Crippen molar-refractivity contribution in [3.63, 3.8) is 0 Å². The summed E-state index contributed by atoms with van der Waals surface area (Å²) in [5.74, 6) is -0.563. The van der Waals surface area contributed by atoms with E-state index in [4.69, 9.17) is 17.3 Å². The number of hydrogen-bond donors (Lipinski definition) is 1. The molecule has 0 aliphatic rings. The summed E-state index contributed by atoms with van der Waals surface area (Å²) in [4.78, 5) is 12.1. The van der Waals surface area contributed by atoms with Crippen molar-refractivity contribution in [3.05, 3.63) is 45.1 Å². The SMILES string of the molecule is CCCn1c(C)c(N)c(=O)n1-c1ccc(Cl)c(F)c1. The molecule has 0 aliphatic heterocycles. The fourth-order valence-corrected chi connectivity index (χ4v) is 2.14. The van der Waals surface area contributed by atoms with E-state index in [9.17, 15) is 9.18 Å². The number of benzene rings is 1. The Balaban J connectivity index is 2.70. The molecule has 0 aliphatic carbocycles. The third-order valence-corrected chi connectivity index (χ3v) is 3.33. The quantitative estimate of drug-likeness (QED) is 0.942. The van der Waals surface area contributed by atoms with E-state index < -0.39 is 5.82 Å². The van der Waals surface area contributed by atoms with E-state index in [1.807, 2.05) is 6.92 Å². The molecule has 0 saturated carbocycles. The lowest BCUT2D eigenvalue weighted by Gasteiger charge is -2.12. The van der Waals surface area contributed by atoms with Crippen LogP contribution in [0.3, 0.4) is 0 Å². The van der Waals surface area contributed by atoms with Crippen molar-refractivity contribution in [2.45, 2.75) is 26.8 Å². The molecule has 0 amide bonds. The average molecular weight is 284 g/mol. The minimum atomic E-state index is -0.563. The van der Waals surface area contributed by atoms with Gasteiger partial charge < -0.3 is 5.73 Å². The Bertz CT molecular complexity index is 675. The van der Waals surface area contributed by atoms with Crippen LogP contribution in [0, 0.1) is 12.7 Å². The van der Waals surface area contributed by atoms with Gasteiger partial charge in [-0.2, -0.15) is 0 Å². The van der Waals surface area contributed by atoms with Gasteiger partial charge in [-0.15, -0.1) is 0 Å². The maximum atomic E-state index is 13.5. The fraction of sp³-hybridized carbons (Fsp3) is 0.308. The van der Waals surface area contributed by atoms with Crippen LogP contribution in [0.5, 0.6) is 0 Å². The summed E-state index contributed by atoms with van der Waals surface area (Å²) in [7, 11) is 0. The van der Waals surface area contributed by atoms with Gasteiger partial charge in [0.25, 0.3) is 5.56 Å². The first-order valence-corrected chi connectivity index (χ1v) is 6.38. The highest BCUT2D eigenvalue weighted by Gasteiger charge is 2.16. The van der Waals surface area contributed by atoms with Crippen molar-refractivity contribution >= 4 is 17.3 Å². The van der Waals surface area contributed by atoms with E-state index in [1.165, 1.54) is 16.8 Å². The Morgan fingerprint density at radius 3 is 2.68 bits per heavy atom. The van der Waals surface area contributed by atoms with Gasteiger partial charge in [0, 0.05) is 12.6 Å². The van der Waals surface area contributed by atoms with Crippen LogP contribution in [0.4, 0.5) is 10.1 Å². The highest BCUT2D eigenvalue weighted by atomic mass is 35.5. The third-order valence-electron chi connectivity index (χ3n) is 3.02. The number of nitrogen functional groups attached to an aromatic ring is 1. The molecule has 19 heavy (non-hydrogen) atoms. The third kappa shape index (κ3) is 2.26. The molecule has 1 aromatic heterocycles. The molecule has 1 heterocycles. The zero-order valence-electron chi connectivity index (χ0n) is 10.8. The Labute approximate surface area is 115 Å². The van der Waals surface area contributed by atoms with Crippen LogP contribution >= 0.6 is 11.6 Å². The van der Waals surface area contributed by atoms with E-state index in [0.29, 0.717) is 17.9 Å². The predicted molar refractivity (Wildman–Crippen MR) is 74.4 cm³/mol. The van der Waals surface area contributed by atoms with Crippen molar-refractivity contribution in [2.24, 2.45) is 0 Å². The zero-order valence-corrected chi connectivity index (χ0v) is 11.5. The second-order valence-electron chi connectivity index (χ2n) is 4.34. The monoisotopic (exact) mass is 283 g/mol. The second kappa shape index (κ2) is 5.09. The van der Waals surface area contributed by atoms with Gasteiger partial charge in [-0.05, 0) is 25.5 Å². The van der Waals surface area contributed by atoms with Gasteiger partial charge >= 0.3 is 0 Å². The first kappa shape index (κ1) is 13.7. The second-order valence-corrected chi connectivity index (χ2v) is 4.74. The standard InChI is InChI=1S/C13H15ClFN3O/c1-3-6-17-8(2)12(16)13(19)18(17)9-4-5-10(14)11(15)7-9/h4-5,7H,3,6,16H2,1-2H3. The van der Waals surface area contributed by atoms with E-state index in [0.717, 1.165) is 6.42 Å². The van der Waals surface area contributed by atoms with Gasteiger partial charge in [-0.1, -0.05) is 18.5 Å². The molecule has 0 unspecified atom stereocenters.